The highest BCUT2D eigenvalue weighted by molar-refractivity contribution is 7.89. The van der Waals surface area contributed by atoms with Crippen molar-refractivity contribution in [2.24, 2.45) is 5.14 Å². The minimum atomic E-state index is -4.03. The van der Waals surface area contributed by atoms with Crippen molar-refractivity contribution in [1.82, 2.24) is 5.32 Å². The Morgan fingerprint density at radius 3 is 2.67 bits per heavy atom. The summed E-state index contributed by atoms with van der Waals surface area (Å²) >= 11 is 0. The number of primary sulfonamides is 1. The van der Waals surface area contributed by atoms with Gasteiger partial charge in [-0.1, -0.05) is 6.92 Å². The Morgan fingerprint density at radius 1 is 1.44 bits per heavy atom. The first-order valence-corrected chi connectivity index (χ1v) is 6.76. The lowest BCUT2D eigenvalue weighted by Gasteiger charge is -2.10. The molecule has 1 aromatic rings. The maximum absolute atomic E-state index is 13.0. The fraction of sp³-hybridized carbons (Fsp3) is 0.300. The van der Waals surface area contributed by atoms with E-state index in [1.807, 2.05) is 6.92 Å². The molecule has 0 aromatic heterocycles. The Morgan fingerprint density at radius 2 is 2.11 bits per heavy atom. The summed E-state index contributed by atoms with van der Waals surface area (Å²) in [5, 5.41) is 9.68. The summed E-state index contributed by atoms with van der Waals surface area (Å²) in [7, 11) is -4.03. The third-order valence-corrected chi connectivity index (χ3v) is 3.00. The second kappa shape index (κ2) is 5.78. The largest absolute Gasteiger partial charge is 0.338 e. The van der Waals surface area contributed by atoms with Crippen molar-refractivity contribution in [1.29, 1.82) is 0 Å². The number of carbonyl (C=O) groups is 1. The topological polar surface area (TPSA) is 101 Å². The highest BCUT2D eigenvalue weighted by Crippen LogP contribution is 2.20. The molecule has 0 unspecified atom stereocenters. The van der Waals surface area contributed by atoms with Crippen molar-refractivity contribution >= 4 is 21.7 Å². The minimum absolute atomic E-state index is 0.189. The van der Waals surface area contributed by atoms with Crippen molar-refractivity contribution in [3.8, 4) is 0 Å². The molecule has 100 valence electrons. The van der Waals surface area contributed by atoms with Gasteiger partial charge < -0.3 is 10.6 Å². The van der Waals surface area contributed by atoms with Crippen LogP contribution in [0, 0.1) is 5.82 Å². The summed E-state index contributed by atoms with van der Waals surface area (Å²) in [6.07, 6.45) is 0.721. The van der Waals surface area contributed by atoms with Crippen LogP contribution in [0.3, 0.4) is 0 Å². The van der Waals surface area contributed by atoms with E-state index in [1.165, 1.54) is 0 Å². The van der Waals surface area contributed by atoms with Gasteiger partial charge >= 0.3 is 6.03 Å². The van der Waals surface area contributed by atoms with Crippen LogP contribution in [0.2, 0.25) is 0 Å². The summed E-state index contributed by atoms with van der Waals surface area (Å²) in [5.74, 6) is -0.673. The van der Waals surface area contributed by atoms with E-state index in [0.717, 1.165) is 24.6 Å². The van der Waals surface area contributed by atoms with Crippen molar-refractivity contribution in [2.75, 3.05) is 11.9 Å². The fourth-order valence-corrected chi connectivity index (χ4v) is 1.93. The van der Waals surface area contributed by atoms with Crippen LogP contribution in [-0.4, -0.2) is 21.0 Å². The number of carbonyl (C=O) groups excluding carboxylic acids is 1. The molecule has 0 aliphatic heterocycles. The predicted octanol–water partition coefficient (Wildman–Crippen LogP) is 1.00. The minimum Gasteiger partial charge on any atom is -0.338 e. The summed E-state index contributed by atoms with van der Waals surface area (Å²) in [6, 6.07) is 2.23. The van der Waals surface area contributed by atoms with E-state index in [2.05, 4.69) is 10.6 Å². The van der Waals surface area contributed by atoms with Gasteiger partial charge in [-0.05, 0) is 24.6 Å². The van der Waals surface area contributed by atoms with Gasteiger partial charge in [-0.15, -0.1) is 0 Å². The normalized spacial score (nSPS) is 11.1. The zero-order valence-electron chi connectivity index (χ0n) is 9.73. The Bertz CT molecular complexity index is 545. The molecule has 0 aliphatic rings. The maximum atomic E-state index is 13.0. The van der Waals surface area contributed by atoms with Crippen LogP contribution >= 0.6 is 0 Å². The lowest BCUT2D eigenvalue weighted by molar-refractivity contribution is 0.252. The molecule has 8 heteroatoms. The van der Waals surface area contributed by atoms with Crippen molar-refractivity contribution in [3.63, 3.8) is 0 Å². The number of amides is 2. The number of anilines is 1. The average Bonchev–Trinajstić information content (AvgIpc) is 2.24. The van der Waals surface area contributed by atoms with Gasteiger partial charge in [0.25, 0.3) is 0 Å². The molecule has 4 N–H and O–H groups in total. The molecule has 0 atom stereocenters. The first-order valence-electron chi connectivity index (χ1n) is 5.21. The Kier molecular flexibility index (Phi) is 4.62. The number of hydrogen-bond acceptors (Lipinski definition) is 3. The fourth-order valence-electron chi connectivity index (χ4n) is 1.25. The molecule has 0 radical (unpaired) electrons. The van der Waals surface area contributed by atoms with E-state index in [-0.39, 0.29) is 10.6 Å². The van der Waals surface area contributed by atoms with E-state index in [1.54, 1.807) is 0 Å². The number of urea groups is 1. The SMILES string of the molecule is CCCNC(=O)Nc1cc(F)ccc1S(N)(=O)=O. The lowest BCUT2D eigenvalue weighted by atomic mass is 10.3. The quantitative estimate of drug-likeness (QED) is 0.764. The molecule has 0 aliphatic carbocycles. The van der Waals surface area contributed by atoms with Crippen LogP contribution in [0.15, 0.2) is 23.1 Å². The predicted molar refractivity (Wildman–Crippen MR) is 65.1 cm³/mol. The maximum Gasteiger partial charge on any atom is 0.319 e. The number of rotatable bonds is 4. The van der Waals surface area contributed by atoms with E-state index < -0.39 is 21.9 Å². The standard InChI is InChI=1S/C10H14FN3O3S/c1-2-5-13-10(15)14-8-6-7(11)3-4-9(8)18(12,16)17/h3-4,6H,2,5H2,1H3,(H2,12,16,17)(H2,13,14,15). The smallest absolute Gasteiger partial charge is 0.319 e. The van der Waals surface area contributed by atoms with E-state index in [0.29, 0.717) is 6.54 Å². The zero-order valence-corrected chi connectivity index (χ0v) is 10.6. The number of nitrogens with one attached hydrogen (secondary N) is 2. The van der Waals surface area contributed by atoms with Gasteiger partial charge in [0, 0.05) is 6.54 Å². The molecule has 0 spiro atoms. The first kappa shape index (κ1) is 14.4. The molecule has 18 heavy (non-hydrogen) atoms. The van der Waals surface area contributed by atoms with Gasteiger partial charge in [0.2, 0.25) is 10.0 Å². The molecule has 0 heterocycles. The number of benzene rings is 1. The Balaban J connectivity index is 3.00. The molecular formula is C10H14FN3O3S. The Labute approximate surface area is 104 Å². The van der Waals surface area contributed by atoms with Gasteiger partial charge in [0.05, 0.1) is 5.69 Å². The monoisotopic (exact) mass is 275 g/mol. The van der Waals surface area contributed by atoms with Gasteiger partial charge in [-0.3, -0.25) is 0 Å². The molecule has 0 saturated heterocycles. The molecule has 0 saturated carbocycles. The zero-order chi connectivity index (χ0) is 13.8. The van der Waals surface area contributed by atoms with Crippen LogP contribution in [0.5, 0.6) is 0 Å². The molecular weight excluding hydrogens is 261 g/mol. The third-order valence-electron chi connectivity index (χ3n) is 2.03. The number of hydrogen-bond donors (Lipinski definition) is 3. The Hall–Kier alpha value is -1.67. The van der Waals surface area contributed by atoms with Crippen LogP contribution < -0.4 is 15.8 Å². The molecule has 1 aromatic carbocycles. The van der Waals surface area contributed by atoms with E-state index in [4.69, 9.17) is 5.14 Å². The number of nitrogens with two attached hydrogens (primary N) is 1. The summed E-state index contributed by atoms with van der Waals surface area (Å²) < 4.78 is 35.5. The number of halogens is 1. The van der Waals surface area contributed by atoms with Gasteiger partial charge in [-0.25, -0.2) is 22.7 Å². The second-order valence-electron chi connectivity index (χ2n) is 3.57. The molecule has 0 fully saturated rings. The van der Waals surface area contributed by atoms with Crippen LogP contribution in [0.4, 0.5) is 14.9 Å². The molecule has 2 amide bonds. The van der Waals surface area contributed by atoms with Crippen LogP contribution in [0.1, 0.15) is 13.3 Å². The highest BCUT2D eigenvalue weighted by Gasteiger charge is 2.16. The summed E-state index contributed by atoms with van der Waals surface area (Å²) in [6.45, 7) is 2.28. The van der Waals surface area contributed by atoms with Crippen molar-refractivity contribution in [3.05, 3.63) is 24.0 Å². The molecule has 1 rings (SSSR count). The second-order valence-corrected chi connectivity index (χ2v) is 5.10. The number of sulfonamides is 1. The van der Waals surface area contributed by atoms with Gasteiger partial charge in [0.1, 0.15) is 10.7 Å². The van der Waals surface area contributed by atoms with Crippen LogP contribution in [0.25, 0.3) is 0 Å². The van der Waals surface area contributed by atoms with E-state index in [9.17, 15) is 17.6 Å². The average molecular weight is 275 g/mol. The van der Waals surface area contributed by atoms with E-state index >= 15 is 0 Å². The van der Waals surface area contributed by atoms with Crippen LogP contribution in [-0.2, 0) is 10.0 Å². The van der Waals surface area contributed by atoms with Crippen molar-refractivity contribution in [2.45, 2.75) is 18.2 Å². The summed E-state index contributed by atoms with van der Waals surface area (Å²) in [5.41, 5.74) is -0.189. The third kappa shape index (κ3) is 3.97. The summed E-state index contributed by atoms with van der Waals surface area (Å²) in [4.78, 5) is 11.0. The molecule has 0 bridgehead atoms. The molecule has 6 nitrogen and oxygen atoms in total. The van der Waals surface area contributed by atoms with Gasteiger partial charge in [-0.2, -0.15) is 0 Å². The highest BCUT2D eigenvalue weighted by atomic mass is 32.2. The lowest BCUT2D eigenvalue weighted by Crippen LogP contribution is -2.30. The van der Waals surface area contributed by atoms with Gasteiger partial charge in [0.15, 0.2) is 0 Å². The first-order chi connectivity index (χ1) is 8.34. The van der Waals surface area contributed by atoms with Crippen molar-refractivity contribution < 1.29 is 17.6 Å².